The van der Waals surface area contributed by atoms with Gasteiger partial charge >= 0.3 is 0 Å². The van der Waals surface area contributed by atoms with E-state index in [0.717, 1.165) is 77.7 Å². The summed E-state index contributed by atoms with van der Waals surface area (Å²) in [4.78, 5) is 7.21. The molecule has 0 fully saturated rings. The highest BCUT2D eigenvalue weighted by molar-refractivity contribution is 6.12. The summed E-state index contributed by atoms with van der Waals surface area (Å²) in [6.45, 7) is 3.52. The smallest absolute Gasteiger partial charge is 0.200 e. The molecule has 0 aliphatic rings. The number of anilines is 3. The van der Waals surface area contributed by atoms with Crippen molar-refractivity contribution in [3.8, 4) is 56.4 Å². The fourth-order valence-electron chi connectivity index (χ4n) is 9.33. The number of fused-ring (bicyclic) bond motifs is 5. The van der Waals surface area contributed by atoms with Gasteiger partial charge in [0.15, 0.2) is 11.5 Å². The normalized spacial score (nSPS) is 11.5. The minimum Gasteiger partial charge on any atom is -0.504 e. The molecule has 0 aliphatic heterocycles. The fourth-order valence-corrected chi connectivity index (χ4v) is 9.33. The van der Waals surface area contributed by atoms with Crippen molar-refractivity contribution in [1.29, 1.82) is 0 Å². The van der Waals surface area contributed by atoms with Crippen LogP contribution in [-0.4, -0.2) is 24.9 Å². The van der Waals surface area contributed by atoms with Gasteiger partial charge in [-0.2, -0.15) is 0 Å². The highest BCUT2D eigenvalue weighted by Crippen LogP contribution is 2.48. The topological polar surface area (TPSA) is 81.8 Å². The third-order valence-corrected chi connectivity index (χ3v) is 12.5. The Labute approximate surface area is 364 Å². The van der Waals surface area contributed by atoms with E-state index in [4.69, 9.17) is 4.98 Å². The van der Waals surface area contributed by atoms with E-state index in [9.17, 15) is 15.3 Å². The van der Waals surface area contributed by atoms with Gasteiger partial charge in [-0.3, -0.25) is 4.98 Å². The summed E-state index contributed by atoms with van der Waals surface area (Å²) >= 11 is 0. The molecular formula is C57H41N3O3. The van der Waals surface area contributed by atoms with Crippen LogP contribution in [-0.2, 0) is 0 Å². The maximum absolute atomic E-state index is 10.8. The molecule has 3 N–H and O–H groups in total. The van der Waals surface area contributed by atoms with Gasteiger partial charge in [0.1, 0.15) is 0 Å². The maximum Gasteiger partial charge on any atom is 0.200 e. The van der Waals surface area contributed by atoms with Gasteiger partial charge in [0.25, 0.3) is 0 Å². The van der Waals surface area contributed by atoms with Crippen molar-refractivity contribution in [3.05, 3.63) is 205 Å². The summed E-state index contributed by atoms with van der Waals surface area (Å²) in [6.07, 6.45) is 1.88. The van der Waals surface area contributed by atoms with Gasteiger partial charge in [-0.15, -0.1) is 0 Å². The number of hydrogen-bond donors (Lipinski definition) is 3. The quantitative estimate of drug-likeness (QED) is 0.140. The van der Waals surface area contributed by atoms with Gasteiger partial charge < -0.3 is 24.8 Å². The lowest BCUT2D eigenvalue weighted by Gasteiger charge is -2.26. The number of pyridine rings is 1. The first-order valence-electron chi connectivity index (χ1n) is 21.0. The van der Waals surface area contributed by atoms with E-state index in [1.807, 2.05) is 18.3 Å². The molecule has 0 aliphatic carbocycles. The molecule has 0 bridgehead atoms. The van der Waals surface area contributed by atoms with Gasteiger partial charge in [0.2, 0.25) is 5.75 Å². The van der Waals surface area contributed by atoms with Crippen LogP contribution in [0, 0.1) is 13.8 Å². The van der Waals surface area contributed by atoms with E-state index in [-0.39, 0.29) is 11.5 Å². The van der Waals surface area contributed by atoms with Crippen LogP contribution in [0.15, 0.2) is 194 Å². The Kier molecular flexibility index (Phi) is 8.95. The number of phenols is 3. The molecule has 0 atom stereocenters. The van der Waals surface area contributed by atoms with E-state index in [0.29, 0.717) is 16.7 Å². The lowest BCUT2D eigenvalue weighted by molar-refractivity contribution is 0.365. The highest BCUT2D eigenvalue weighted by atomic mass is 16.3. The molecule has 0 unspecified atom stereocenters. The predicted molar refractivity (Wildman–Crippen MR) is 259 cm³/mol. The molecule has 9 aromatic carbocycles. The number of nitrogens with zero attached hydrogens (tertiary/aromatic N) is 3. The molecule has 2 heterocycles. The molecule has 302 valence electrons. The van der Waals surface area contributed by atoms with Gasteiger partial charge in [0.05, 0.1) is 22.4 Å². The van der Waals surface area contributed by atoms with Gasteiger partial charge in [-0.1, -0.05) is 121 Å². The van der Waals surface area contributed by atoms with Crippen LogP contribution in [0.2, 0.25) is 0 Å². The predicted octanol–water partition coefficient (Wildman–Crippen LogP) is 14.7. The Balaban J connectivity index is 1.05. The average Bonchev–Trinajstić information content (AvgIpc) is 3.66. The number of hydrogen-bond acceptors (Lipinski definition) is 5. The molecular weight excluding hydrogens is 775 g/mol. The molecule has 11 rings (SSSR count). The average molecular weight is 816 g/mol. The second kappa shape index (κ2) is 15.0. The number of para-hydroxylation sites is 1. The first-order chi connectivity index (χ1) is 30.8. The first kappa shape index (κ1) is 37.6. The maximum atomic E-state index is 10.8. The first-order valence-corrected chi connectivity index (χ1v) is 21.0. The molecule has 0 spiro atoms. The fraction of sp³-hybridized carbons (Fsp3) is 0.0351. The molecule has 0 radical (unpaired) electrons. The number of phenolic OH excluding ortho intramolecular Hbond substituents is 3. The Morgan fingerprint density at radius 2 is 1.06 bits per heavy atom. The van der Waals surface area contributed by atoms with Crippen LogP contribution in [0.4, 0.5) is 17.1 Å². The standard InChI is InChI=1S/C57H41N3O3/c1-35-54(36(2)56(62)57(63)55(35)61)43-23-27-48-49-32-42(24-28-52(49)60(53(48)33-43)51-18-10-14-39-12-8-9-17-47(39)51)50-34-46(29-30-58-50)59(44-15-4-3-5-16-44)45-25-21-38(22-26-45)41-20-19-37-11-6-7-13-40(37)31-41/h3-34,61-63H,1-2H3. The molecule has 63 heavy (non-hydrogen) atoms. The lowest BCUT2D eigenvalue weighted by atomic mass is 9.93. The van der Waals surface area contributed by atoms with Crippen molar-refractivity contribution in [1.82, 2.24) is 9.55 Å². The Morgan fingerprint density at radius 1 is 0.413 bits per heavy atom. The minimum atomic E-state index is -0.508. The number of rotatable bonds is 7. The van der Waals surface area contributed by atoms with Crippen molar-refractivity contribution in [2.75, 3.05) is 4.90 Å². The summed E-state index contributed by atoms with van der Waals surface area (Å²) in [5.41, 5.74) is 12.7. The van der Waals surface area contributed by atoms with Gasteiger partial charge in [0, 0.05) is 56.1 Å². The second-order valence-corrected chi connectivity index (χ2v) is 16.1. The van der Waals surface area contributed by atoms with Crippen LogP contribution in [0.3, 0.4) is 0 Å². The van der Waals surface area contributed by atoms with Crippen molar-refractivity contribution in [3.63, 3.8) is 0 Å². The molecule has 0 amide bonds. The highest BCUT2D eigenvalue weighted by Gasteiger charge is 2.22. The largest absolute Gasteiger partial charge is 0.504 e. The Bertz CT molecular complexity index is 3540. The molecule has 11 aromatic rings. The van der Waals surface area contributed by atoms with Crippen molar-refractivity contribution < 1.29 is 15.3 Å². The van der Waals surface area contributed by atoms with Gasteiger partial charge in [-0.05, 0) is 119 Å². The van der Waals surface area contributed by atoms with Crippen LogP contribution < -0.4 is 4.90 Å². The summed E-state index contributed by atoms with van der Waals surface area (Å²) in [6, 6.07) is 66.0. The van der Waals surface area contributed by atoms with Crippen LogP contribution in [0.25, 0.3) is 82.5 Å². The number of aromatic nitrogens is 2. The third kappa shape index (κ3) is 6.31. The van der Waals surface area contributed by atoms with Crippen LogP contribution in [0.5, 0.6) is 17.2 Å². The molecule has 6 nitrogen and oxygen atoms in total. The number of benzene rings is 9. The van der Waals surface area contributed by atoms with Crippen molar-refractivity contribution in [2.24, 2.45) is 0 Å². The Morgan fingerprint density at radius 3 is 1.86 bits per heavy atom. The SMILES string of the molecule is Cc1c(O)c(O)c(O)c(C)c1-c1ccc2c3cc(-c4cc(N(c5ccccc5)c5ccc(-c6ccc7ccccc7c6)cc5)ccn4)ccc3n(-c3cccc4ccccc34)c2c1. The van der Waals surface area contributed by atoms with Crippen LogP contribution >= 0.6 is 0 Å². The zero-order chi connectivity index (χ0) is 42.8. The minimum absolute atomic E-state index is 0.328. The van der Waals surface area contributed by atoms with Crippen LogP contribution in [0.1, 0.15) is 11.1 Å². The molecule has 2 aromatic heterocycles. The second-order valence-electron chi connectivity index (χ2n) is 16.1. The zero-order valence-corrected chi connectivity index (χ0v) is 34.7. The van der Waals surface area contributed by atoms with Crippen molar-refractivity contribution >= 4 is 60.4 Å². The summed E-state index contributed by atoms with van der Waals surface area (Å²) in [5, 5.41) is 38.9. The van der Waals surface area contributed by atoms with E-state index in [1.165, 1.54) is 16.3 Å². The lowest BCUT2D eigenvalue weighted by Crippen LogP contribution is -2.10. The van der Waals surface area contributed by atoms with E-state index in [2.05, 4.69) is 185 Å². The third-order valence-electron chi connectivity index (χ3n) is 12.5. The Hall–Kier alpha value is -8.35. The monoisotopic (exact) mass is 815 g/mol. The van der Waals surface area contributed by atoms with E-state index >= 15 is 0 Å². The van der Waals surface area contributed by atoms with E-state index in [1.54, 1.807) is 13.8 Å². The van der Waals surface area contributed by atoms with Crippen molar-refractivity contribution in [2.45, 2.75) is 13.8 Å². The molecule has 6 heteroatoms. The number of aromatic hydroxyl groups is 3. The zero-order valence-electron chi connectivity index (χ0n) is 34.7. The summed E-state index contributed by atoms with van der Waals surface area (Å²) in [5.74, 6) is -1.16. The molecule has 0 saturated carbocycles. The summed E-state index contributed by atoms with van der Waals surface area (Å²) < 4.78 is 2.30. The molecule has 0 saturated heterocycles. The summed E-state index contributed by atoms with van der Waals surface area (Å²) in [7, 11) is 0. The van der Waals surface area contributed by atoms with Gasteiger partial charge in [-0.25, -0.2) is 0 Å². The van der Waals surface area contributed by atoms with E-state index < -0.39 is 5.75 Å².